The SMILES string of the molecule is O=c1[nH]c(COc2ccc(Cl)c(Cl)c2)nc2nccnc12. The second-order valence-electron chi connectivity index (χ2n) is 4.11. The van der Waals surface area contributed by atoms with E-state index in [1.54, 1.807) is 18.2 Å². The third kappa shape index (κ3) is 2.96. The number of aromatic nitrogens is 4. The van der Waals surface area contributed by atoms with Crippen molar-refractivity contribution in [3.63, 3.8) is 0 Å². The molecule has 0 aliphatic rings. The molecule has 0 unspecified atom stereocenters. The van der Waals surface area contributed by atoms with Gasteiger partial charge < -0.3 is 9.72 Å². The molecule has 6 nitrogen and oxygen atoms in total. The second kappa shape index (κ2) is 5.67. The first-order valence-corrected chi connectivity index (χ1v) is 6.67. The van der Waals surface area contributed by atoms with Crippen molar-refractivity contribution in [2.24, 2.45) is 0 Å². The van der Waals surface area contributed by atoms with Gasteiger partial charge in [0.1, 0.15) is 18.2 Å². The normalized spacial score (nSPS) is 10.8. The average molecular weight is 323 g/mol. The van der Waals surface area contributed by atoms with Gasteiger partial charge in [0.25, 0.3) is 5.56 Å². The van der Waals surface area contributed by atoms with Gasteiger partial charge in [0.2, 0.25) is 0 Å². The third-order valence-electron chi connectivity index (χ3n) is 2.66. The van der Waals surface area contributed by atoms with Crippen molar-refractivity contribution >= 4 is 34.4 Å². The Balaban J connectivity index is 1.85. The van der Waals surface area contributed by atoms with Crippen LogP contribution in [0.5, 0.6) is 5.75 Å². The number of ether oxygens (including phenoxy) is 1. The summed E-state index contributed by atoms with van der Waals surface area (Å²) in [5.74, 6) is 0.866. The molecule has 0 aliphatic carbocycles. The van der Waals surface area contributed by atoms with Gasteiger partial charge in [0.05, 0.1) is 10.0 Å². The van der Waals surface area contributed by atoms with Crippen LogP contribution in [0.15, 0.2) is 35.4 Å². The van der Waals surface area contributed by atoms with E-state index in [1.165, 1.54) is 12.4 Å². The summed E-state index contributed by atoms with van der Waals surface area (Å²) in [5.41, 5.74) is 0.102. The number of fused-ring (bicyclic) bond motifs is 1. The first kappa shape index (κ1) is 13.8. The van der Waals surface area contributed by atoms with E-state index in [0.29, 0.717) is 21.6 Å². The number of nitrogens with zero attached hydrogens (tertiary/aromatic N) is 3. The molecule has 8 heteroatoms. The lowest BCUT2D eigenvalue weighted by atomic mass is 10.3. The van der Waals surface area contributed by atoms with E-state index in [4.69, 9.17) is 27.9 Å². The summed E-state index contributed by atoms with van der Waals surface area (Å²) in [6.07, 6.45) is 2.91. The van der Waals surface area contributed by atoms with Gasteiger partial charge in [-0.1, -0.05) is 23.2 Å². The van der Waals surface area contributed by atoms with E-state index in [2.05, 4.69) is 19.9 Å². The maximum atomic E-state index is 11.8. The van der Waals surface area contributed by atoms with Crippen molar-refractivity contribution in [2.75, 3.05) is 0 Å². The predicted molar refractivity (Wildman–Crippen MR) is 78.7 cm³/mol. The minimum atomic E-state index is -0.360. The largest absolute Gasteiger partial charge is 0.486 e. The molecular formula is C13H8Cl2N4O2. The van der Waals surface area contributed by atoms with E-state index in [1.807, 2.05) is 0 Å². The first-order valence-electron chi connectivity index (χ1n) is 5.91. The van der Waals surface area contributed by atoms with Gasteiger partial charge in [-0.2, -0.15) is 0 Å². The van der Waals surface area contributed by atoms with E-state index >= 15 is 0 Å². The van der Waals surface area contributed by atoms with Gasteiger partial charge in [-0.25, -0.2) is 15.0 Å². The van der Waals surface area contributed by atoms with E-state index < -0.39 is 0 Å². The Morgan fingerprint density at radius 2 is 1.95 bits per heavy atom. The number of H-pyrrole nitrogens is 1. The molecule has 0 bridgehead atoms. The number of benzene rings is 1. The minimum absolute atomic E-state index is 0.0692. The highest BCUT2D eigenvalue weighted by atomic mass is 35.5. The molecule has 1 aromatic carbocycles. The van der Waals surface area contributed by atoms with Crippen LogP contribution in [0.4, 0.5) is 0 Å². The van der Waals surface area contributed by atoms with Crippen molar-refractivity contribution in [2.45, 2.75) is 6.61 Å². The summed E-state index contributed by atoms with van der Waals surface area (Å²) in [6.45, 7) is 0.0692. The van der Waals surface area contributed by atoms with Gasteiger partial charge in [0.15, 0.2) is 11.2 Å². The van der Waals surface area contributed by atoms with Crippen LogP contribution in [0.3, 0.4) is 0 Å². The van der Waals surface area contributed by atoms with E-state index in [0.717, 1.165) is 0 Å². The van der Waals surface area contributed by atoms with Crippen LogP contribution in [0, 0.1) is 0 Å². The number of nitrogens with one attached hydrogen (secondary N) is 1. The number of hydrogen-bond acceptors (Lipinski definition) is 5. The zero-order valence-corrected chi connectivity index (χ0v) is 12.0. The van der Waals surface area contributed by atoms with Crippen molar-refractivity contribution in [1.29, 1.82) is 0 Å². The number of halogens is 2. The lowest BCUT2D eigenvalue weighted by Crippen LogP contribution is -2.15. The molecular weight excluding hydrogens is 315 g/mol. The maximum absolute atomic E-state index is 11.8. The summed E-state index contributed by atoms with van der Waals surface area (Å²) >= 11 is 11.7. The molecule has 0 spiro atoms. The highest BCUT2D eigenvalue weighted by Crippen LogP contribution is 2.26. The van der Waals surface area contributed by atoms with Gasteiger partial charge >= 0.3 is 0 Å². The zero-order chi connectivity index (χ0) is 14.8. The van der Waals surface area contributed by atoms with Crippen LogP contribution >= 0.6 is 23.2 Å². The Hall–Kier alpha value is -2.18. The molecule has 0 amide bonds. The van der Waals surface area contributed by atoms with Crippen molar-refractivity contribution in [3.05, 3.63) is 56.8 Å². The lowest BCUT2D eigenvalue weighted by Gasteiger charge is -2.06. The Labute approximate surface area is 128 Å². The quantitative estimate of drug-likeness (QED) is 0.801. The maximum Gasteiger partial charge on any atom is 0.279 e. The van der Waals surface area contributed by atoms with Gasteiger partial charge in [-0.3, -0.25) is 4.79 Å². The molecule has 2 aromatic heterocycles. The molecule has 3 aromatic rings. The van der Waals surface area contributed by atoms with E-state index in [-0.39, 0.29) is 23.3 Å². The highest BCUT2D eigenvalue weighted by Gasteiger charge is 2.07. The number of rotatable bonds is 3. The fraction of sp³-hybridized carbons (Fsp3) is 0.0769. The molecule has 0 radical (unpaired) electrons. The van der Waals surface area contributed by atoms with Crippen LogP contribution in [-0.4, -0.2) is 19.9 Å². The topological polar surface area (TPSA) is 80.8 Å². The van der Waals surface area contributed by atoms with Crippen molar-refractivity contribution < 1.29 is 4.74 Å². The van der Waals surface area contributed by atoms with Crippen molar-refractivity contribution in [3.8, 4) is 5.75 Å². The molecule has 3 rings (SSSR count). The average Bonchev–Trinajstić information content (AvgIpc) is 2.49. The Bertz CT molecular complexity index is 866. The van der Waals surface area contributed by atoms with E-state index in [9.17, 15) is 4.79 Å². The smallest absolute Gasteiger partial charge is 0.279 e. The highest BCUT2D eigenvalue weighted by molar-refractivity contribution is 6.42. The molecule has 0 aliphatic heterocycles. The number of aromatic amines is 1. The Morgan fingerprint density at radius 3 is 2.76 bits per heavy atom. The molecule has 0 atom stereocenters. The summed E-state index contributed by atoms with van der Waals surface area (Å²) in [5, 5.41) is 0.830. The molecule has 0 fully saturated rings. The van der Waals surface area contributed by atoms with Crippen LogP contribution in [-0.2, 0) is 6.61 Å². The fourth-order valence-electron chi connectivity index (χ4n) is 1.71. The molecule has 0 saturated heterocycles. The second-order valence-corrected chi connectivity index (χ2v) is 4.92. The van der Waals surface area contributed by atoms with Crippen molar-refractivity contribution in [1.82, 2.24) is 19.9 Å². The van der Waals surface area contributed by atoms with Crippen LogP contribution in [0.2, 0.25) is 10.0 Å². The predicted octanol–water partition coefficient (Wildman–Crippen LogP) is 2.60. The molecule has 2 heterocycles. The molecule has 106 valence electrons. The Kier molecular flexibility index (Phi) is 3.72. The van der Waals surface area contributed by atoms with Gasteiger partial charge in [-0.15, -0.1) is 0 Å². The summed E-state index contributed by atoms with van der Waals surface area (Å²) in [7, 11) is 0. The summed E-state index contributed by atoms with van der Waals surface area (Å²) in [6, 6.07) is 4.89. The van der Waals surface area contributed by atoms with Crippen LogP contribution in [0.1, 0.15) is 5.82 Å². The first-order chi connectivity index (χ1) is 10.1. The number of hydrogen-bond donors (Lipinski definition) is 1. The third-order valence-corrected chi connectivity index (χ3v) is 3.40. The minimum Gasteiger partial charge on any atom is -0.486 e. The standard InChI is InChI=1S/C13H8Cl2N4O2/c14-8-2-1-7(5-9(8)15)21-6-10-18-12-11(13(20)19-10)16-3-4-17-12/h1-5H,6H2,(H,17,18,19,20). The monoisotopic (exact) mass is 322 g/mol. The van der Waals surface area contributed by atoms with Gasteiger partial charge in [-0.05, 0) is 12.1 Å². The van der Waals surface area contributed by atoms with Crippen LogP contribution < -0.4 is 10.3 Å². The fourth-order valence-corrected chi connectivity index (χ4v) is 1.99. The van der Waals surface area contributed by atoms with Crippen LogP contribution in [0.25, 0.3) is 11.2 Å². The summed E-state index contributed by atoms with van der Waals surface area (Å²) < 4.78 is 5.51. The zero-order valence-electron chi connectivity index (χ0n) is 10.5. The Morgan fingerprint density at radius 1 is 1.14 bits per heavy atom. The molecule has 1 N–H and O–H groups in total. The summed E-state index contributed by atoms with van der Waals surface area (Å²) in [4.78, 5) is 26.5. The molecule has 21 heavy (non-hydrogen) atoms. The van der Waals surface area contributed by atoms with Gasteiger partial charge in [0, 0.05) is 18.5 Å². The lowest BCUT2D eigenvalue weighted by molar-refractivity contribution is 0.296. The molecule has 0 saturated carbocycles.